The largest absolute Gasteiger partial charge is 0.362 e. The molecule has 0 aliphatic carbocycles. The summed E-state index contributed by atoms with van der Waals surface area (Å²) >= 11 is 1.70. The summed E-state index contributed by atoms with van der Waals surface area (Å²) in [5, 5.41) is 13.0. The van der Waals surface area contributed by atoms with Crippen molar-refractivity contribution in [2.45, 2.75) is 13.0 Å². The normalized spacial score (nSPS) is 12.5. The Kier molecular flexibility index (Phi) is 3.02. The fourth-order valence-electron chi connectivity index (χ4n) is 1.82. The summed E-state index contributed by atoms with van der Waals surface area (Å²) in [4.78, 5) is 9.74. The molecule has 0 amide bonds. The van der Waals surface area contributed by atoms with Crippen molar-refractivity contribution in [3.63, 3.8) is 0 Å². The van der Waals surface area contributed by atoms with E-state index in [2.05, 4.69) is 43.9 Å². The minimum absolute atomic E-state index is 0.152. The summed E-state index contributed by atoms with van der Waals surface area (Å²) in [6, 6.07) is 4.26. The molecule has 3 aromatic heterocycles. The molecule has 1 unspecified atom stereocenters. The molecule has 0 radical (unpaired) electrons. The van der Waals surface area contributed by atoms with Gasteiger partial charge in [0, 0.05) is 4.88 Å². The Balaban J connectivity index is 1.97. The molecule has 19 heavy (non-hydrogen) atoms. The molecule has 0 saturated heterocycles. The van der Waals surface area contributed by atoms with Crippen molar-refractivity contribution in [1.29, 1.82) is 0 Å². The highest BCUT2D eigenvalue weighted by molar-refractivity contribution is 7.10. The van der Waals surface area contributed by atoms with E-state index in [4.69, 9.17) is 5.84 Å². The number of nitrogens with two attached hydrogens (primary N) is 1. The van der Waals surface area contributed by atoms with Crippen LogP contribution >= 0.6 is 11.3 Å². The third kappa shape index (κ3) is 2.23. The van der Waals surface area contributed by atoms with Gasteiger partial charge in [-0.2, -0.15) is 15.1 Å². The number of aromatic nitrogens is 4. The van der Waals surface area contributed by atoms with Gasteiger partial charge in [-0.25, -0.2) is 5.84 Å². The first-order valence-electron chi connectivity index (χ1n) is 5.75. The van der Waals surface area contributed by atoms with Crippen LogP contribution in [0.25, 0.3) is 11.0 Å². The van der Waals surface area contributed by atoms with Crippen molar-refractivity contribution in [3.05, 3.63) is 28.6 Å². The van der Waals surface area contributed by atoms with Crippen molar-refractivity contribution >= 4 is 34.1 Å². The fraction of sp³-hybridized carbons (Fsp3) is 0.182. The van der Waals surface area contributed by atoms with Gasteiger partial charge in [0.15, 0.2) is 5.65 Å². The van der Waals surface area contributed by atoms with Gasteiger partial charge in [0.1, 0.15) is 5.82 Å². The maximum Gasteiger partial charge on any atom is 0.241 e. The number of fused-ring (bicyclic) bond motifs is 1. The van der Waals surface area contributed by atoms with Gasteiger partial charge in [-0.3, -0.25) is 10.5 Å². The molecule has 3 aromatic rings. The van der Waals surface area contributed by atoms with Crippen molar-refractivity contribution in [1.82, 2.24) is 20.2 Å². The van der Waals surface area contributed by atoms with Crippen LogP contribution in [0.15, 0.2) is 23.7 Å². The van der Waals surface area contributed by atoms with E-state index < -0.39 is 0 Å². The van der Waals surface area contributed by atoms with E-state index in [1.54, 1.807) is 17.5 Å². The van der Waals surface area contributed by atoms with Crippen LogP contribution in [-0.2, 0) is 0 Å². The standard InChI is InChI=1S/C11H13N7S/c1-6(8-3-2-4-19-8)14-9-7-5-13-18-10(7)16-11(15-9)17-12/h2-6H,12H2,1H3,(H3,13,14,15,16,17,18). The SMILES string of the molecule is CC(Nc1nc(NN)nc2[nH]ncc12)c1cccs1. The molecule has 8 heteroatoms. The molecule has 98 valence electrons. The number of hydrogen-bond donors (Lipinski definition) is 4. The van der Waals surface area contributed by atoms with Gasteiger partial charge >= 0.3 is 0 Å². The van der Waals surface area contributed by atoms with Crippen molar-refractivity contribution in [2.75, 3.05) is 10.7 Å². The van der Waals surface area contributed by atoms with Crippen LogP contribution in [0.1, 0.15) is 17.8 Å². The predicted molar refractivity (Wildman–Crippen MR) is 75.9 cm³/mol. The van der Waals surface area contributed by atoms with E-state index in [0.29, 0.717) is 17.4 Å². The van der Waals surface area contributed by atoms with E-state index in [9.17, 15) is 0 Å². The van der Waals surface area contributed by atoms with Crippen molar-refractivity contribution in [3.8, 4) is 0 Å². The number of hydrogen-bond acceptors (Lipinski definition) is 7. The maximum absolute atomic E-state index is 5.37. The average molecular weight is 275 g/mol. The summed E-state index contributed by atoms with van der Waals surface area (Å²) in [6.45, 7) is 2.08. The molecule has 0 aliphatic heterocycles. The summed E-state index contributed by atoms with van der Waals surface area (Å²) in [5.74, 6) is 6.42. The minimum Gasteiger partial charge on any atom is -0.362 e. The molecule has 1 atom stereocenters. The molecular formula is C11H13N7S. The van der Waals surface area contributed by atoms with Gasteiger partial charge in [-0.1, -0.05) is 6.07 Å². The fourth-order valence-corrected chi connectivity index (χ4v) is 2.56. The van der Waals surface area contributed by atoms with Gasteiger partial charge in [0.25, 0.3) is 0 Å². The van der Waals surface area contributed by atoms with Crippen LogP contribution in [0.2, 0.25) is 0 Å². The zero-order valence-electron chi connectivity index (χ0n) is 10.2. The van der Waals surface area contributed by atoms with E-state index >= 15 is 0 Å². The summed E-state index contributed by atoms with van der Waals surface area (Å²) in [6.07, 6.45) is 1.69. The second kappa shape index (κ2) is 4.82. The van der Waals surface area contributed by atoms with Crippen LogP contribution in [0.4, 0.5) is 11.8 Å². The zero-order chi connectivity index (χ0) is 13.2. The van der Waals surface area contributed by atoms with Crippen LogP contribution in [-0.4, -0.2) is 20.2 Å². The number of thiophene rings is 1. The van der Waals surface area contributed by atoms with Crippen LogP contribution in [0.3, 0.4) is 0 Å². The molecule has 5 N–H and O–H groups in total. The lowest BCUT2D eigenvalue weighted by atomic mass is 10.2. The van der Waals surface area contributed by atoms with E-state index in [1.807, 2.05) is 11.4 Å². The number of H-pyrrole nitrogens is 1. The lowest BCUT2D eigenvalue weighted by molar-refractivity contribution is 0.897. The minimum atomic E-state index is 0.152. The van der Waals surface area contributed by atoms with Crippen LogP contribution in [0.5, 0.6) is 0 Å². The Bertz CT molecular complexity index is 675. The molecule has 0 aliphatic rings. The molecular weight excluding hydrogens is 262 g/mol. The molecule has 7 nitrogen and oxygen atoms in total. The average Bonchev–Trinajstić information content (AvgIpc) is 3.09. The van der Waals surface area contributed by atoms with Gasteiger partial charge < -0.3 is 5.32 Å². The number of rotatable bonds is 4. The highest BCUT2D eigenvalue weighted by Gasteiger charge is 2.13. The number of anilines is 2. The van der Waals surface area contributed by atoms with E-state index in [1.165, 1.54) is 4.88 Å². The molecule has 0 aromatic carbocycles. The second-order valence-corrected chi connectivity index (χ2v) is 5.03. The quantitative estimate of drug-likeness (QED) is 0.428. The van der Waals surface area contributed by atoms with Gasteiger partial charge in [-0.15, -0.1) is 11.3 Å². The van der Waals surface area contributed by atoms with Gasteiger partial charge in [-0.05, 0) is 18.4 Å². The number of aromatic amines is 1. The van der Waals surface area contributed by atoms with Crippen molar-refractivity contribution in [2.24, 2.45) is 5.84 Å². The Labute approximate surface area is 113 Å². The highest BCUT2D eigenvalue weighted by Crippen LogP contribution is 2.26. The summed E-state index contributed by atoms with van der Waals surface area (Å²) in [5.41, 5.74) is 3.09. The topological polar surface area (TPSA) is 105 Å². The molecule has 0 spiro atoms. The Morgan fingerprint density at radius 2 is 2.32 bits per heavy atom. The molecule has 3 heterocycles. The third-order valence-corrected chi connectivity index (χ3v) is 3.82. The first-order chi connectivity index (χ1) is 9.28. The monoisotopic (exact) mass is 275 g/mol. The van der Waals surface area contributed by atoms with Gasteiger partial charge in [0.05, 0.1) is 17.6 Å². The lowest BCUT2D eigenvalue weighted by Gasteiger charge is -2.14. The van der Waals surface area contributed by atoms with Crippen molar-refractivity contribution < 1.29 is 0 Å². The Hall–Kier alpha value is -2.19. The molecule has 0 bridgehead atoms. The maximum atomic E-state index is 5.37. The molecule has 0 fully saturated rings. The Morgan fingerprint density at radius 1 is 1.42 bits per heavy atom. The molecule has 3 rings (SSSR count). The first-order valence-corrected chi connectivity index (χ1v) is 6.63. The lowest BCUT2D eigenvalue weighted by Crippen LogP contribution is -2.13. The van der Waals surface area contributed by atoms with E-state index in [0.717, 1.165) is 5.39 Å². The summed E-state index contributed by atoms with van der Waals surface area (Å²) < 4.78 is 0. The van der Waals surface area contributed by atoms with E-state index in [-0.39, 0.29) is 6.04 Å². The highest BCUT2D eigenvalue weighted by atomic mass is 32.1. The predicted octanol–water partition coefficient (Wildman–Crippen LogP) is 1.87. The zero-order valence-corrected chi connectivity index (χ0v) is 11.0. The number of nitrogens with zero attached hydrogens (tertiary/aromatic N) is 3. The van der Waals surface area contributed by atoms with Crippen LogP contribution in [0, 0.1) is 0 Å². The first kappa shape index (κ1) is 11.9. The molecule has 0 saturated carbocycles. The Morgan fingerprint density at radius 3 is 3.05 bits per heavy atom. The number of nitrogens with one attached hydrogen (secondary N) is 3. The van der Waals surface area contributed by atoms with Crippen LogP contribution < -0.4 is 16.6 Å². The number of hydrazine groups is 1. The summed E-state index contributed by atoms with van der Waals surface area (Å²) in [7, 11) is 0. The second-order valence-electron chi connectivity index (χ2n) is 4.05. The smallest absolute Gasteiger partial charge is 0.241 e. The number of nitrogen functional groups attached to an aromatic ring is 1. The van der Waals surface area contributed by atoms with Gasteiger partial charge in [0.2, 0.25) is 5.95 Å². The third-order valence-electron chi connectivity index (χ3n) is 2.76.